The average molecular weight is 349 g/mol. The molecule has 0 saturated heterocycles. The second-order valence-electron chi connectivity index (χ2n) is 7.12. The summed E-state index contributed by atoms with van der Waals surface area (Å²) in [4.78, 5) is 24.2. The fraction of sp³-hybridized carbons (Fsp3) is 0.684. The van der Waals surface area contributed by atoms with Crippen molar-refractivity contribution in [3.8, 4) is 0 Å². The summed E-state index contributed by atoms with van der Waals surface area (Å²) in [6.07, 6.45) is 9.78. The zero-order chi connectivity index (χ0) is 17.8. The summed E-state index contributed by atoms with van der Waals surface area (Å²) < 4.78 is 16.0. The fourth-order valence-corrected chi connectivity index (χ4v) is 4.10. The third-order valence-corrected chi connectivity index (χ3v) is 5.50. The van der Waals surface area contributed by atoms with Crippen molar-refractivity contribution in [3.63, 3.8) is 0 Å². The molecule has 6 nitrogen and oxygen atoms in total. The second-order valence-corrected chi connectivity index (χ2v) is 7.12. The summed E-state index contributed by atoms with van der Waals surface area (Å²) >= 11 is 0. The van der Waals surface area contributed by atoms with E-state index in [-0.39, 0.29) is 23.8 Å². The van der Waals surface area contributed by atoms with Gasteiger partial charge in [-0.05, 0) is 26.2 Å². The number of nitrogens with one attached hydrogen (secondary N) is 1. The van der Waals surface area contributed by atoms with Crippen LogP contribution in [0.2, 0.25) is 0 Å². The predicted octanol–water partition coefficient (Wildman–Crippen LogP) is 3.43. The first kappa shape index (κ1) is 17.8. The van der Waals surface area contributed by atoms with Crippen molar-refractivity contribution in [1.29, 1.82) is 0 Å². The molecular formula is C19H27NO5. The van der Waals surface area contributed by atoms with Crippen LogP contribution in [-0.2, 0) is 19.0 Å². The van der Waals surface area contributed by atoms with Gasteiger partial charge in [0.05, 0.1) is 24.9 Å². The Morgan fingerprint density at radius 2 is 1.92 bits per heavy atom. The van der Waals surface area contributed by atoms with E-state index in [9.17, 15) is 9.59 Å². The average Bonchev–Trinajstić information content (AvgIpc) is 2.82. The molecule has 0 aromatic rings. The van der Waals surface area contributed by atoms with Gasteiger partial charge in [-0.1, -0.05) is 37.3 Å². The van der Waals surface area contributed by atoms with Crippen LogP contribution in [0.15, 0.2) is 23.5 Å². The van der Waals surface area contributed by atoms with E-state index in [2.05, 4.69) is 11.4 Å². The summed E-state index contributed by atoms with van der Waals surface area (Å²) in [5.74, 6) is -0.588. The molecule has 2 aliphatic carbocycles. The lowest BCUT2D eigenvalue weighted by atomic mass is 9.84. The zero-order valence-corrected chi connectivity index (χ0v) is 15.0. The molecule has 3 aliphatic rings. The molecule has 3 atom stereocenters. The molecule has 138 valence electrons. The van der Waals surface area contributed by atoms with Crippen LogP contribution in [0.1, 0.15) is 51.9 Å². The molecule has 1 fully saturated rings. The van der Waals surface area contributed by atoms with Crippen LogP contribution in [0.4, 0.5) is 4.79 Å². The molecule has 6 heteroatoms. The number of amides is 1. The maximum absolute atomic E-state index is 12.3. The van der Waals surface area contributed by atoms with Crippen molar-refractivity contribution in [2.75, 3.05) is 7.11 Å². The standard InChI is InChI=1S/C19H27NO5/c1-12-9-10-14-15(17(21)23-2)11-24-18(16(12)14)25-19(22)20-13-7-5-3-4-6-8-13/h9,11,13-14,16,18H,3-8,10H2,1-2H3,(H,20,22). The number of hydrogen-bond donors (Lipinski definition) is 1. The Labute approximate surface area is 148 Å². The number of ether oxygens (including phenoxy) is 3. The summed E-state index contributed by atoms with van der Waals surface area (Å²) in [7, 11) is 1.36. The normalized spacial score (nSPS) is 29.4. The van der Waals surface area contributed by atoms with Gasteiger partial charge in [0.15, 0.2) is 0 Å². The van der Waals surface area contributed by atoms with E-state index in [4.69, 9.17) is 14.2 Å². The SMILES string of the molecule is COC(=O)C1=COC(OC(=O)NC2CCCCCC2)C2C(C)=CCC12. The van der Waals surface area contributed by atoms with E-state index in [0.717, 1.165) is 37.7 Å². The van der Waals surface area contributed by atoms with E-state index in [1.807, 2.05) is 6.92 Å². The zero-order valence-electron chi connectivity index (χ0n) is 15.0. The van der Waals surface area contributed by atoms with Gasteiger partial charge in [0, 0.05) is 12.0 Å². The van der Waals surface area contributed by atoms with E-state index in [1.54, 1.807) is 0 Å². The summed E-state index contributed by atoms with van der Waals surface area (Å²) in [6, 6.07) is 0.177. The van der Waals surface area contributed by atoms with Crippen molar-refractivity contribution in [3.05, 3.63) is 23.5 Å². The highest BCUT2D eigenvalue weighted by Crippen LogP contribution is 2.43. The summed E-state index contributed by atoms with van der Waals surface area (Å²) in [5, 5.41) is 2.97. The second kappa shape index (κ2) is 7.93. The molecular weight excluding hydrogens is 322 g/mol. The Hall–Kier alpha value is -1.98. The lowest BCUT2D eigenvalue weighted by molar-refractivity contribution is -0.141. The van der Waals surface area contributed by atoms with E-state index in [0.29, 0.717) is 5.57 Å². The molecule has 25 heavy (non-hydrogen) atoms. The highest BCUT2D eigenvalue weighted by Gasteiger charge is 2.44. The molecule has 1 amide bonds. The highest BCUT2D eigenvalue weighted by atomic mass is 16.7. The lowest BCUT2D eigenvalue weighted by Gasteiger charge is -2.34. The van der Waals surface area contributed by atoms with Gasteiger partial charge in [0.25, 0.3) is 6.29 Å². The number of alkyl carbamates (subject to hydrolysis) is 1. The number of esters is 1. The smallest absolute Gasteiger partial charge is 0.410 e. The van der Waals surface area contributed by atoms with Gasteiger partial charge in [-0.3, -0.25) is 0 Å². The number of fused-ring (bicyclic) bond motifs is 1. The molecule has 3 rings (SSSR count). The van der Waals surface area contributed by atoms with E-state index in [1.165, 1.54) is 26.2 Å². The maximum atomic E-state index is 12.3. The first-order valence-electron chi connectivity index (χ1n) is 9.17. The Morgan fingerprint density at radius 3 is 2.60 bits per heavy atom. The number of methoxy groups -OCH3 is 1. The molecule has 0 aromatic carbocycles. The monoisotopic (exact) mass is 349 g/mol. The van der Waals surface area contributed by atoms with Crippen LogP contribution in [0, 0.1) is 11.8 Å². The van der Waals surface area contributed by atoms with Crippen molar-refractivity contribution in [1.82, 2.24) is 5.32 Å². The van der Waals surface area contributed by atoms with Crippen LogP contribution >= 0.6 is 0 Å². The Balaban J connectivity index is 1.63. The molecule has 3 unspecified atom stereocenters. The van der Waals surface area contributed by atoms with Gasteiger partial charge < -0.3 is 19.5 Å². The first-order chi connectivity index (χ1) is 12.1. The molecule has 1 saturated carbocycles. The Morgan fingerprint density at radius 1 is 1.20 bits per heavy atom. The number of rotatable bonds is 3. The Bertz CT molecular complexity index is 574. The van der Waals surface area contributed by atoms with Crippen LogP contribution in [0.5, 0.6) is 0 Å². The van der Waals surface area contributed by atoms with Gasteiger partial charge in [-0.15, -0.1) is 0 Å². The third-order valence-electron chi connectivity index (χ3n) is 5.50. The van der Waals surface area contributed by atoms with Gasteiger partial charge in [-0.2, -0.15) is 0 Å². The van der Waals surface area contributed by atoms with Crippen LogP contribution in [0.3, 0.4) is 0 Å². The van der Waals surface area contributed by atoms with Gasteiger partial charge in [0.2, 0.25) is 0 Å². The van der Waals surface area contributed by atoms with Gasteiger partial charge >= 0.3 is 12.1 Å². The van der Waals surface area contributed by atoms with Crippen molar-refractivity contribution >= 4 is 12.1 Å². The highest BCUT2D eigenvalue weighted by molar-refractivity contribution is 5.89. The van der Waals surface area contributed by atoms with E-state index >= 15 is 0 Å². The summed E-state index contributed by atoms with van der Waals surface area (Å²) in [6.45, 7) is 1.98. The number of carbonyl (C=O) groups is 2. The Kier molecular flexibility index (Phi) is 5.66. The van der Waals surface area contributed by atoms with Crippen LogP contribution in [-0.4, -0.2) is 31.5 Å². The number of allylic oxidation sites excluding steroid dienone is 1. The molecule has 0 aromatic heterocycles. The number of carbonyl (C=O) groups excluding carboxylic acids is 2. The van der Waals surface area contributed by atoms with Gasteiger partial charge in [-0.25, -0.2) is 9.59 Å². The quantitative estimate of drug-likeness (QED) is 0.480. The van der Waals surface area contributed by atoms with Crippen LogP contribution < -0.4 is 5.32 Å². The van der Waals surface area contributed by atoms with Crippen molar-refractivity contribution in [2.24, 2.45) is 11.8 Å². The third kappa shape index (κ3) is 3.99. The molecule has 1 N–H and O–H groups in total. The topological polar surface area (TPSA) is 73.9 Å². The number of hydrogen-bond acceptors (Lipinski definition) is 5. The first-order valence-corrected chi connectivity index (χ1v) is 9.17. The molecule has 0 spiro atoms. The minimum Gasteiger partial charge on any atom is -0.466 e. The molecule has 0 radical (unpaired) electrons. The minimum absolute atomic E-state index is 0.0584. The van der Waals surface area contributed by atoms with Gasteiger partial charge in [0.1, 0.15) is 0 Å². The molecule has 1 aliphatic heterocycles. The van der Waals surface area contributed by atoms with Crippen LogP contribution in [0.25, 0.3) is 0 Å². The predicted molar refractivity (Wildman–Crippen MR) is 91.4 cm³/mol. The lowest BCUT2D eigenvalue weighted by Crippen LogP contribution is -2.42. The van der Waals surface area contributed by atoms with Crippen molar-refractivity contribution < 1.29 is 23.8 Å². The molecule has 0 bridgehead atoms. The largest absolute Gasteiger partial charge is 0.466 e. The minimum atomic E-state index is -0.706. The van der Waals surface area contributed by atoms with E-state index < -0.39 is 12.4 Å². The maximum Gasteiger partial charge on any atom is 0.410 e. The fourth-order valence-electron chi connectivity index (χ4n) is 4.10. The molecule has 1 heterocycles. The summed E-state index contributed by atoms with van der Waals surface area (Å²) in [5.41, 5.74) is 1.58. The van der Waals surface area contributed by atoms with Crippen molar-refractivity contribution in [2.45, 2.75) is 64.2 Å².